The molecule has 0 saturated heterocycles. The third kappa shape index (κ3) is 5.21. The van der Waals surface area contributed by atoms with Gasteiger partial charge in [-0.1, -0.05) is 6.92 Å². The van der Waals surface area contributed by atoms with E-state index in [2.05, 4.69) is 5.32 Å². The van der Waals surface area contributed by atoms with Gasteiger partial charge in [-0.25, -0.2) is 8.42 Å². The van der Waals surface area contributed by atoms with Crippen molar-refractivity contribution in [3.63, 3.8) is 0 Å². The number of sulfone groups is 1. The van der Waals surface area contributed by atoms with Gasteiger partial charge in [0.2, 0.25) is 0 Å². The molecule has 0 radical (unpaired) electrons. The summed E-state index contributed by atoms with van der Waals surface area (Å²) in [5.41, 5.74) is 0.837. The summed E-state index contributed by atoms with van der Waals surface area (Å²) >= 11 is 0. The van der Waals surface area contributed by atoms with Crippen LogP contribution in [0.1, 0.15) is 26.7 Å². The molecular weight excluding hydrogens is 278 g/mol. The summed E-state index contributed by atoms with van der Waals surface area (Å²) in [6, 6.07) is 6.64. The largest absolute Gasteiger partial charge is 0.466 e. The van der Waals surface area contributed by atoms with Gasteiger partial charge in [0.15, 0.2) is 9.84 Å². The van der Waals surface area contributed by atoms with E-state index < -0.39 is 9.84 Å². The summed E-state index contributed by atoms with van der Waals surface area (Å²) in [7, 11) is -3.15. The minimum atomic E-state index is -3.15. The fourth-order valence-electron chi connectivity index (χ4n) is 1.65. The van der Waals surface area contributed by atoms with Gasteiger partial charge < -0.3 is 10.1 Å². The van der Waals surface area contributed by atoms with E-state index in [1.165, 1.54) is 0 Å². The Balaban J connectivity index is 2.41. The molecule has 0 bridgehead atoms. The Hall–Kier alpha value is -1.56. The summed E-state index contributed by atoms with van der Waals surface area (Å²) in [5.74, 6) is -0.0991. The molecule has 1 rings (SSSR count). The number of nitrogens with one attached hydrogen (secondary N) is 1. The highest BCUT2D eigenvalue weighted by Crippen LogP contribution is 2.15. The van der Waals surface area contributed by atoms with Crippen LogP contribution in [0, 0.1) is 0 Å². The quantitative estimate of drug-likeness (QED) is 0.588. The Morgan fingerprint density at radius 1 is 1.20 bits per heavy atom. The molecule has 6 heteroatoms. The maximum absolute atomic E-state index is 11.6. The average molecular weight is 299 g/mol. The Morgan fingerprint density at radius 2 is 1.85 bits per heavy atom. The van der Waals surface area contributed by atoms with Crippen LogP contribution in [0.15, 0.2) is 29.2 Å². The number of benzene rings is 1. The minimum Gasteiger partial charge on any atom is -0.466 e. The minimum absolute atomic E-state index is 0.0965. The van der Waals surface area contributed by atoms with Crippen molar-refractivity contribution in [2.24, 2.45) is 0 Å². The summed E-state index contributed by atoms with van der Waals surface area (Å²) in [5, 5.41) is 3.14. The first kappa shape index (κ1) is 16.5. The Morgan fingerprint density at radius 3 is 2.40 bits per heavy atom. The smallest absolute Gasteiger partial charge is 0.305 e. The van der Waals surface area contributed by atoms with Crippen molar-refractivity contribution < 1.29 is 17.9 Å². The van der Waals surface area contributed by atoms with E-state index in [1.807, 2.05) is 0 Å². The molecule has 0 unspecified atom stereocenters. The predicted octanol–water partition coefficient (Wildman–Crippen LogP) is 2.24. The second kappa shape index (κ2) is 7.89. The second-order valence-electron chi connectivity index (χ2n) is 4.26. The van der Waals surface area contributed by atoms with E-state index >= 15 is 0 Å². The molecule has 1 aromatic rings. The van der Waals surface area contributed by atoms with Gasteiger partial charge in [-0.05, 0) is 37.6 Å². The van der Waals surface area contributed by atoms with Crippen molar-refractivity contribution >= 4 is 21.5 Å². The third-order valence-corrected chi connectivity index (χ3v) is 4.54. The van der Waals surface area contributed by atoms with Crippen molar-refractivity contribution in [2.75, 3.05) is 24.2 Å². The van der Waals surface area contributed by atoms with Crippen LogP contribution in [0.25, 0.3) is 0 Å². The molecule has 0 fully saturated rings. The van der Waals surface area contributed by atoms with Crippen LogP contribution in [0.5, 0.6) is 0 Å². The molecule has 1 N–H and O–H groups in total. The summed E-state index contributed by atoms with van der Waals surface area (Å²) in [6.45, 7) is 4.44. The summed E-state index contributed by atoms with van der Waals surface area (Å²) in [4.78, 5) is 11.5. The molecule has 0 aliphatic carbocycles. The molecule has 0 spiro atoms. The molecule has 0 saturated carbocycles. The fraction of sp³-hybridized carbons (Fsp3) is 0.500. The second-order valence-corrected chi connectivity index (χ2v) is 6.54. The molecule has 5 nitrogen and oxygen atoms in total. The van der Waals surface area contributed by atoms with Crippen LogP contribution in [0.4, 0.5) is 5.69 Å². The molecule has 0 heterocycles. The van der Waals surface area contributed by atoms with E-state index in [0.717, 1.165) is 5.69 Å². The molecule has 0 aliphatic heterocycles. The number of esters is 1. The van der Waals surface area contributed by atoms with Crippen LogP contribution in [-0.2, 0) is 19.4 Å². The highest BCUT2D eigenvalue weighted by Gasteiger charge is 2.10. The van der Waals surface area contributed by atoms with Crippen molar-refractivity contribution in [1.82, 2.24) is 0 Å². The number of ether oxygens (including phenoxy) is 1. The van der Waals surface area contributed by atoms with E-state index in [-0.39, 0.29) is 11.7 Å². The Kier molecular flexibility index (Phi) is 6.51. The zero-order valence-corrected chi connectivity index (χ0v) is 12.7. The van der Waals surface area contributed by atoms with Crippen molar-refractivity contribution in [1.29, 1.82) is 0 Å². The number of anilines is 1. The fourth-order valence-corrected chi connectivity index (χ4v) is 2.53. The van der Waals surface area contributed by atoms with Gasteiger partial charge in [0.05, 0.1) is 17.3 Å². The van der Waals surface area contributed by atoms with E-state index in [0.29, 0.717) is 30.9 Å². The van der Waals surface area contributed by atoms with Gasteiger partial charge >= 0.3 is 5.97 Å². The Labute approximate surface area is 120 Å². The van der Waals surface area contributed by atoms with Crippen LogP contribution >= 0.6 is 0 Å². The number of hydrogen-bond donors (Lipinski definition) is 1. The van der Waals surface area contributed by atoms with E-state index in [4.69, 9.17) is 4.74 Å². The van der Waals surface area contributed by atoms with Gasteiger partial charge in [0.1, 0.15) is 0 Å². The molecule has 112 valence electrons. The molecule has 0 aromatic heterocycles. The van der Waals surface area contributed by atoms with Crippen LogP contribution < -0.4 is 5.32 Å². The van der Waals surface area contributed by atoms with Gasteiger partial charge in [-0.2, -0.15) is 0 Å². The first-order valence-electron chi connectivity index (χ1n) is 6.72. The number of carbonyl (C=O) groups is 1. The summed E-state index contributed by atoms with van der Waals surface area (Å²) < 4.78 is 28.1. The van der Waals surface area contributed by atoms with Gasteiger partial charge in [-0.3, -0.25) is 4.79 Å². The standard InChI is InChI=1S/C14H21NO4S/c1-3-19-14(16)6-5-11-15-12-7-9-13(10-8-12)20(17,18)4-2/h7-10,15H,3-6,11H2,1-2H3. The van der Waals surface area contributed by atoms with Gasteiger partial charge in [0.25, 0.3) is 0 Å². The number of carbonyl (C=O) groups excluding carboxylic acids is 1. The zero-order valence-electron chi connectivity index (χ0n) is 11.9. The molecule has 20 heavy (non-hydrogen) atoms. The maximum atomic E-state index is 11.6. The Bertz CT molecular complexity index is 523. The van der Waals surface area contributed by atoms with Crippen molar-refractivity contribution in [3.05, 3.63) is 24.3 Å². The molecular formula is C14H21NO4S. The summed E-state index contributed by atoms with van der Waals surface area (Å²) in [6.07, 6.45) is 1.05. The first-order valence-corrected chi connectivity index (χ1v) is 8.37. The average Bonchev–Trinajstić information content (AvgIpc) is 2.44. The lowest BCUT2D eigenvalue weighted by Gasteiger charge is -2.07. The van der Waals surface area contributed by atoms with E-state index in [9.17, 15) is 13.2 Å². The van der Waals surface area contributed by atoms with E-state index in [1.54, 1.807) is 38.1 Å². The number of rotatable bonds is 8. The van der Waals surface area contributed by atoms with Crippen molar-refractivity contribution in [2.45, 2.75) is 31.6 Å². The highest BCUT2D eigenvalue weighted by atomic mass is 32.2. The third-order valence-electron chi connectivity index (χ3n) is 2.79. The molecule has 0 amide bonds. The number of hydrogen-bond acceptors (Lipinski definition) is 5. The molecule has 0 aliphatic rings. The maximum Gasteiger partial charge on any atom is 0.305 e. The van der Waals surface area contributed by atoms with Crippen LogP contribution in [0.3, 0.4) is 0 Å². The van der Waals surface area contributed by atoms with Crippen LogP contribution in [0.2, 0.25) is 0 Å². The lowest BCUT2D eigenvalue weighted by atomic mass is 10.3. The van der Waals surface area contributed by atoms with Crippen molar-refractivity contribution in [3.8, 4) is 0 Å². The van der Waals surface area contributed by atoms with Gasteiger partial charge in [-0.15, -0.1) is 0 Å². The first-order chi connectivity index (χ1) is 9.49. The van der Waals surface area contributed by atoms with Gasteiger partial charge in [0, 0.05) is 18.7 Å². The molecule has 0 atom stereocenters. The molecule has 1 aromatic carbocycles. The highest BCUT2D eigenvalue weighted by molar-refractivity contribution is 7.91. The lowest BCUT2D eigenvalue weighted by Crippen LogP contribution is -2.08. The topological polar surface area (TPSA) is 72.5 Å². The monoisotopic (exact) mass is 299 g/mol. The predicted molar refractivity (Wildman–Crippen MR) is 78.5 cm³/mol. The SMILES string of the molecule is CCOC(=O)CCCNc1ccc(S(=O)(=O)CC)cc1. The lowest BCUT2D eigenvalue weighted by molar-refractivity contribution is -0.143. The zero-order chi connectivity index (χ0) is 15.0. The normalized spacial score (nSPS) is 11.1. The van der Waals surface area contributed by atoms with Crippen LogP contribution in [-0.4, -0.2) is 33.3 Å².